The predicted octanol–water partition coefficient (Wildman–Crippen LogP) is 1.26. The lowest BCUT2D eigenvalue weighted by Crippen LogP contribution is -2.33. The van der Waals surface area contributed by atoms with E-state index in [2.05, 4.69) is 15.6 Å². The second-order valence-electron chi connectivity index (χ2n) is 7.75. The number of aliphatic hydroxyl groups excluding tert-OH is 1. The van der Waals surface area contributed by atoms with E-state index in [1.807, 2.05) is 0 Å². The Kier molecular flexibility index (Phi) is 8.50. The maximum absolute atomic E-state index is 15.0. The number of carbonyl (C=O) groups is 2. The monoisotopic (exact) mass is 460 g/mol. The van der Waals surface area contributed by atoms with E-state index in [0.717, 1.165) is 0 Å². The van der Waals surface area contributed by atoms with Gasteiger partial charge in [0.05, 0.1) is 26.0 Å². The van der Waals surface area contributed by atoms with Crippen LogP contribution in [0.1, 0.15) is 24.8 Å². The standard InChI is InChI=1S/C22H29FN6O4/c1-15(31)26-12-18-13-29(22(32)33-18)17-3-4-19(20(23)10-17)16-2-5-21(27-11-16)28(14-24)8-6-25-7-9-30/h2-3,5,10-11,14,18-19,24-25,30H,4,6-9,12-13H2,1H3,(H,26,31). The number of halogens is 1. The number of ether oxygens (including phenoxy) is 1. The zero-order chi connectivity index (χ0) is 23.8. The van der Waals surface area contributed by atoms with Gasteiger partial charge in [-0.05, 0) is 24.1 Å². The van der Waals surface area contributed by atoms with E-state index in [4.69, 9.17) is 15.3 Å². The van der Waals surface area contributed by atoms with E-state index in [1.165, 1.54) is 24.2 Å². The van der Waals surface area contributed by atoms with Crippen LogP contribution in [0.2, 0.25) is 0 Å². The maximum atomic E-state index is 15.0. The first kappa shape index (κ1) is 24.3. The highest BCUT2D eigenvalue weighted by Crippen LogP contribution is 2.35. The number of allylic oxidation sites excluding steroid dienone is 3. The molecule has 1 aliphatic heterocycles. The molecule has 0 saturated carbocycles. The summed E-state index contributed by atoms with van der Waals surface area (Å²) in [6.45, 7) is 3.45. The Morgan fingerprint density at radius 3 is 2.91 bits per heavy atom. The first-order valence-corrected chi connectivity index (χ1v) is 10.8. The highest BCUT2D eigenvalue weighted by Gasteiger charge is 2.34. The Bertz CT molecular complexity index is 920. The van der Waals surface area contributed by atoms with Crippen LogP contribution in [0.4, 0.5) is 15.0 Å². The highest BCUT2D eigenvalue weighted by atomic mass is 19.1. The quantitative estimate of drug-likeness (QED) is 0.222. The van der Waals surface area contributed by atoms with Gasteiger partial charge in [-0.15, -0.1) is 0 Å². The van der Waals surface area contributed by atoms with Crippen molar-refractivity contribution in [1.29, 1.82) is 5.41 Å². The first-order valence-electron chi connectivity index (χ1n) is 10.8. The van der Waals surface area contributed by atoms with Gasteiger partial charge in [-0.2, -0.15) is 0 Å². The molecule has 2 heterocycles. The minimum absolute atomic E-state index is 0.0464. The molecule has 11 heteroatoms. The van der Waals surface area contributed by atoms with E-state index in [0.29, 0.717) is 43.1 Å². The molecule has 2 unspecified atom stereocenters. The van der Waals surface area contributed by atoms with E-state index in [1.54, 1.807) is 29.3 Å². The van der Waals surface area contributed by atoms with E-state index < -0.39 is 18.1 Å². The summed E-state index contributed by atoms with van der Waals surface area (Å²) in [4.78, 5) is 30.6. The Morgan fingerprint density at radius 2 is 2.27 bits per heavy atom. The lowest BCUT2D eigenvalue weighted by Gasteiger charge is -2.23. The lowest BCUT2D eigenvalue weighted by molar-refractivity contribution is -0.119. The number of nitrogens with one attached hydrogen (secondary N) is 3. The number of carbonyl (C=O) groups excluding carboxylic acids is 2. The van der Waals surface area contributed by atoms with Crippen molar-refractivity contribution in [3.8, 4) is 0 Å². The van der Waals surface area contributed by atoms with E-state index in [-0.39, 0.29) is 31.4 Å². The zero-order valence-electron chi connectivity index (χ0n) is 18.5. The number of amides is 2. The van der Waals surface area contributed by atoms with Crippen LogP contribution in [0.3, 0.4) is 0 Å². The predicted molar refractivity (Wildman–Crippen MR) is 121 cm³/mol. The SMILES string of the molecule is CC(=O)NCC1CN(C2=CCC(c3ccc(N(C=N)CCNCCO)nc3)C(F)=C2)C(=O)O1. The van der Waals surface area contributed by atoms with Crippen LogP contribution in [0.15, 0.2) is 42.0 Å². The van der Waals surface area contributed by atoms with Crippen molar-refractivity contribution in [2.75, 3.05) is 44.2 Å². The third kappa shape index (κ3) is 6.36. The molecule has 3 rings (SSSR count). The molecule has 4 N–H and O–H groups in total. The molecule has 0 bridgehead atoms. The number of anilines is 1. The van der Waals surface area contributed by atoms with Crippen LogP contribution >= 0.6 is 0 Å². The van der Waals surface area contributed by atoms with E-state index >= 15 is 0 Å². The fourth-order valence-corrected chi connectivity index (χ4v) is 3.65. The van der Waals surface area contributed by atoms with Gasteiger partial charge in [0.25, 0.3) is 0 Å². The molecule has 1 saturated heterocycles. The number of aromatic nitrogens is 1. The largest absolute Gasteiger partial charge is 0.442 e. The molecule has 0 radical (unpaired) electrons. The van der Waals surface area contributed by atoms with Crippen molar-refractivity contribution < 1.29 is 23.8 Å². The second kappa shape index (κ2) is 11.5. The van der Waals surface area contributed by atoms with Gasteiger partial charge in [0.1, 0.15) is 17.7 Å². The first-order chi connectivity index (χ1) is 15.9. The van der Waals surface area contributed by atoms with Gasteiger partial charge in [0, 0.05) is 44.4 Å². The van der Waals surface area contributed by atoms with Crippen molar-refractivity contribution in [3.63, 3.8) is 0 Å². The summed E-state index contributed by atoms with van der Waals surface area (Å²) in [6.07, 6.45) is 5.21. The zero-order valence-corrected chi connectivity index (χ0v) is 18.5. The lowest BCUT2D eigenvalue weighted by atomic mass is 9.91. The Labute approximate surface area is 191 Å². The topological polar surface area (TPSA) is 131 Å². The Balaban J connectivity index is 1.60. The molecule has 2 atom stereocenters. The Morgan fingerprint density at radius 1 is 1.45 bits per heavy atom. The number of cyclic esters (lactones) is 1. The van der Waals surface area contributed by atoms with Crippen LogP contribution in [-0.2, 0) is 9.53 Å². The molecule has 2 aliphatic rings. The van der Waals surface area contributed by atoms with Crippen molar-refractivity contribution in [2.45, 2.75) is 25.4 Å². The van der Waals surface area contributed by atoms with E-state index in [9.17, 15) is 14.0 Å². The van der Waals surface area contributed by atoms with Crippen LogP contribution in [0.25, 0.3) is 0 Å². The van der Waals surface area contributed by atoms with Gasteiger partial charge in [-0.25, -0.2) is 14.2 Å². The van der Waals surface area contributed by atoms with Crippen LogP contribution in [0, 0.1) is 5.41 Å². The van der Waals surface area contributed by atoms with Gasteiger partial charge in [-0.3, -0.25) is 15.1 Å². The molecule has 2 amide bonds. The highest BCUT2D eigenvalue weighted by molar-refractivity contribution is 5.75. The fourth-order valence-electron chi connectivity index (χ4n) is 3.65. The van der Waals surface area contributed by atoms with Crippen LogP contribution in [-0.4, -0.2) is 78.8 Å². The van der Waals surface area contributed by atoms with Crippen molar-refractivity contribution in [2.24, 2.45) is 0 Å². The van der Waals surface area contributed by atoms with Gasteiger partial charge in [0.2, 0.25) is 5.91 Å². The molecular weight excluding hydrogens is 431 g/mol. The summed E-state index contributed by atoms with van der Waals surface area (Å²) in [5.41, 5.74) is 1.13. The number of pyridine rings is 1. The normalized spacial score (nSPS) is 20.1. The number of hydrogen-bond donors (Lipinski definition) is 4. The van der Waals surface area contributed by atoms with Crippen LogP contribution in [0.5, 0.6) is 0 Å². The minimum atomic E-state index is -0.565. The summed E-state index contributed by atoms with van der Waals surface area (Å²) in [5, 5.41) is 22.1. The van der Waals surface area contributed by atoms with Crippen molar-refractivity contribution >= 4 is 24.2 Å². The minimum Gasteiger partial charge on any atom is -0.442 e. The molecule has 0 spiro atoms. The summed E-state index contributed by atoms with van der Waals surface area (Å²) < 4.78 is 20.2. The van der Waals surface area contributed by atoms with Gasteiger partial charge in [-0.1, -0.05) is 12.1 Å². The van der Waals surface area contributed by atoms with Crippen molar-refractivity contribution in [3.05, 3.63) is 47.6 Å². The maximum Gasteiger partial charge on any atom is 0.414 e. The number of rotatable bonds is 11. The third-order valence-electron chi connectivity index (χ3n) is 5.39. The summed E-state index contributed by atoms with van der Waals surface area (Å²) >= 11 is 0. The number of hydrogen-bond acceptors (Lipinski definition) is 7. The smallest absolute Gasteiger partial charge is 0.414 e. The number of nitrogens with zero attached hydrogens (tertiary/aromatic N) is 3. The van der Waals surface area contributed by atoms with Gasteiger partial charge in [0.15, 0.2) is 0 Å². The van der Waals surface area contributed by atoms with Crippen molar-refractivity contribution in [1.82, 2.24) is 20.5 Å². The van der Waals surface area contributed by atoms with Crippen LogP contribution < -0.4 is 15.5 Å². The average Bonchev–Trinajstić information content (AvgIpc) is 3.18. The molecule has 0 aromatic carbocycles. The molecule has 1 aromatic heterocycles. The molecule has 178 valence electrons. The summed E-state index contributed by atoms with van der Waals surface area (Å²) in [6, 6.07) is 3.52. The molecule has 10 nitrogen and oxygen atoms in total. The molecule has 1 aromatic rings. The fraction of sp³-hybridized carbons (Fsp3) is 0.455. The molecule has 33 heavy (non-hydrogen) atoms. The third-order valence-corrected chi connectivity index (χ3v) is 5.39. The average molecular weight is 461 g/mol. The summed E-state index contributed by atoms with van der Waals surface area (Å²) in [5.74, 6) is -0.529. The Hall–Kier alpha value is -3.31. The summed E-state index contributed by atoms with van der Waals surface area (Å²) in [7, 11) is 0. The molecular formula is C22H29FN6O4. The van der Waals surface area contributed by atoms with Gasteiger partial charge >= 0.3 is 6.09 Å². The molecule has 1 aliphatic carbocycles. The van der Waals surface area contributed by atoms with Gasteiger partial charge < -0.3 is 25.4 Å². The molecule has 1 fully saturated rings. The second-order valence-corrected chi connectivity index (χ2v) is 7.75. The number of aliphatic hydroxyl groups is 1.